The summed E-state index contributed by atoms with van der Waals surface area (Å²) in [4.78, 5) is 12.0. The van der Waals surface area contributed by atoms with Gasteiger partial charge in [-0.25, -0.2) is 17.3 Å². The van der Waals surface area contributed by atoms with E-state index in [-0.39, 0.29) is 22.9 Å². The molecule has 1 aromatic carbocycles. The summed E-state index contributed by atoms with van der Waals surface area (Å²) >= 11 is 5.80. The number of aromatic nitrogens is 2. The molecule has 7 nitrogen and oxygen atoms in total. The predicted octanol–water partition coefficient (Wildman–Crippen LogP) is 2.30. The number of carbonyl (C=O) groups excluding carboxylic acids is 1. The highest BCUT2D eigenvalue weighted by molar-refractivity contribution is 7.92. The fraction of sp³-hybridized carbons (Fsp3) is 0.125. The fourth-order valence-electron chi connectivity index (χ4n) is 2.32. The number of benzene rings is 1. The van der Waals surface area contributed by atoms with Gasteiger partial charge in [-0.1, -0.05) is 17.7 Å². The normalized spacial score (nSPS) is 11.5. The van der Waals surface area contributed by atoms with Gasteiger partial charge in [-0.3, -0.25) is 9.52 Å². The van der Waals surface area contributed by atoms with Gasteiger partial charge in [0.25, 0.3) is 5.91 Å². The first-order valence-electron chi connectivity index (χ1n) is 7.52. The molecule has 0 aliphatic rings. The summed E-state index contributed by atoms with van der Waals surface area (Å²) < 4.78 is 42.0. The Labute approximate surface area is 153 Å². The third kappa shape index (κ3) is 4.12. The largest absolute Gasteiger partial charge is 0.351 e. The molecule has 0 atom stereocenters. The Hall–Kier alpha value is -2.65. The minimum atomic E-state index is -3.71. The summed E-state index contributed by atoms with van der Waals surface area (Å²) in [6.45, 7) is -0.201. The van der Waals surface area contributed by atoms with Crippen LogP contribution in [-0.4, -0.2) is 36.2 Å². The van der Waals surface area contributed by atoms with Crippen molar-refractivity contribution in [3.63, 3.8) is 0 Å². The first kappa shape index (κ1) is 18.2. The van der Waals surface area contributed by atoms with Crippen LogP contribution in [0.2, 0.25) is 5.02 Å². The molecule has 0 saturated carbocycles. The van der Waals surface area contributed by atoms with E-state index in [4.69, 9.17) is 11.6 Å². The lowest BCUT2D eigenvalue weighted by atomic mass is 10.2. The second-order valence-corrected chi connectivity index (χ2v) is 7.64. The van der Waals surface area contributed by atoms with E-state index in [9.17, 15) is 17.6 Å². The van der Waals surface area contributed by atoms with Crippen LogP contribution >= 0.6 is 11.6 Å². The average molecular weight is 397 g/mol. The summed E-state index contributed by atoms with van der Waals surface area (Å²) in [7, 11) is -3.71. The molecule has 136 valence electrons. The van der Waals surface area contributed by atoms with Crippen molar-refractivity contribution in [3.05, 3.63) is 65.2 Å². The van der Waals surface area contributed by atoms with Crippen molar-refractivity contribution in [1.29, 1.82) is 0 Å². The molecule has 0 aliphatic heterocycles. The van der Waals surface area contributed by atoms with E-state index in [1.807, 2.05) is 0 Å². The Morgan fingerprint density at radius 3 is 2.85 bits per heavy atom. The molecule has 0 spiro atoms. The summed E-state index contributed by atoms with van der Waals surface area (Å²) in [6, 6.07) is 8.78. The molecule has 0 bridgehead atoms. The van der Waals surface area contributed by atoms with Gasteiger partial charge >= 0.3 is 0 Å². The average Bonchev–Trinajstić information content (AvgIpc) is 3.01. The number of pyridine rings is 1. The third-order valence-electron chi connectivity index (χ3n) is 3.52. The SMILES string of the molecule is O=C(NCCS(=O)(=O)Nc1ccn2nccc2c1)c1c(F)cccc1Cl. The molecule has 0 aliphatic carbocycles. The second kappa shape index (κ2) is 7.30. The molecule has 26 heavy (non-hydrogen) atoms. The number of nitrogens with one attached hydrogen (secondary N) is 2. The topological polar surface area (TPSA) is 92.6 Å². The van der Waals surface area contributed by atoms with Crippen molar-refractivity contribution in [2.24, 2.45) is 0 Å². The van der Waals surface area contributed by atoms with Crippen molar-refractivity contribution in [2.75, 3.05) is 17.0 Å². The Morgan fingerprint density at radius 2 is 2.08 bits per heavy atom. The van der Waals surface area contributed by atoms with Crippen molar-refractivity contribution in [1.82, 2.24) is 14.9 Å². The van der Waals surface area contributed by atoms with Crippen molar-refractivity contribution in [3.8, 4) is 0 Å². The minimum absolute atomic E-state index is 0.0439. The number of carbonyl (C=O) groups is 1. The number of nitrogens with zero attached hydrogens (tertiary/aromatic N) is 2. The molecule has 2 N–H and O–H groups in total. The molecule has 3 rings (SSSR count). The molecular formula is C16H14ClFN4O3S. The maximum atomic E-state index is 13.7. The zero-order valence-corrected chi connectivity index (χ0v) is 14.9. The monoisotopic (exact) mass is 396 g/mol. The first-order valence-corrected chi connectivity index (χ1v) is 9.55. The quantitative estimate of drug-likeness (QED) is 0.668. The van der Waals surface area contributed by atoms with Gasteiger partial charge in [-0.05, 0) is 30.3 Å². The maximum absolute atomic E-state index is 13.7. The molecule has 1 amide bonds. The number of halogens is 2. The zero-order chi connectivity index (χ0) is 18.7. The maximum Gasteiger partial charge on any atom is 0.255 e. The number of sulfonamides is 1. The van der Waals surface area contributed by atoms with Crippen LogP contribution in [0.15, 0.2) is 48.8 Å². The van der Waals surface area contributed by atoms with E-state index in [1.165, 1.54) is 12.1 Å². The number of anilines is 1. The lowest BCUT2D eigenvalue weighted by Crippen LogP contribution is -2.31. The van der Waals surface area contributed by atoms with E-state index in [0.29, 0.717) is 5.69 Å². The van der Waals surface area contributed by atoms with Gasteiger partial charge in [-0.2, -0.15) is 5.10 Å². The van der Waals surface area contributed by atoms with Crippen molar-refractivity contribution < 1.29 is 17.6 Å². The van der Waals surface area contributed by atoms with E-state index in [2.05, 4.69) is 15.1 Å². The third-order valence-corrected chi connectivity index (χ3v) is 5.12. The van der Waals surface area contributed by atoms with Gasteiger partial charge in [-0.15, -0.1) is 0 Å². The highest BCUT2D eigenvalue weighted by Gasteiger charge is 2.17. The highest BCUT2D eigenvalue weighted by Crippen LogP contribution is 2.18. The van der Waals surface area contributed by atoms with Crippen molar-refractivity contribution >= 4 is 38.7 Å². The Morgan fingerprint density at radius 1 is 1.27 bits per heavy atom. The molecule has 0 fully saturated rings. The molecule has 0 saturated heterocycles. The van der Waals surface area contributed by atoms with E-state index >= 15 is 0 Å². The molecule has 10 heteroatoms. The minimum Gasteiger partial charge on any atom is -0.351 e. The van der Waals surface area contributed by atoms with Crippen LogP contribution in [-0.2, 0) is 10.0 Å². The van der Waals surface area contributed by atoms with Crippen molar-refractivity contribution in [2.45, 2.75) is 0 Å². The van der Waals surface area contributed by atoms with Crippen LogP contribution in [0.25, 0.3) is 5.52 Å². The number of hydrogen-bond donors (Lipinski definition) is 2. The van der Waals surface area contributed by atoms with Crippen LogP contribution in [0.5, 0.6) is 0 Å². The lowest BCUT2D eigenvalue weighted by Gasteiger charge is -2.10. The number of rotatable bonds is 6. The Kier molecular flexibility index (Phi) is 5.10. The smallest absolute Gasteiger partial charge is 0.255 e. The number of hydrogen-bond acceptors (Lipinski definition) is 4. The van der Waals surface area contributed by atoms with Crippen LogP contribution in [0, 0.1) is 5.82 Å². The molecule has 3 aromatic rings. The Bertz CT molecular complexity index is 1050. The second-order valence-electron chi connectivity index (χ2n) is 5.39. The summed E-state index contributed by atoms with van der Waals surface area (Å²) in [5, 5.41) is 6.33. The van der Waals surface area contributed by atoms with Gasteiger partial charge < -0.3 is 5.32 Å². The van der Waals surface area contributed by atoms with Crippen LogP contribution in [0.3, 0.4) is 0 Å². The molecule has 2 heterocycles. The van der Waals surface area contributed by atoms with E-state index in [0.717, 1.165) is 11.6 Å². The molecule has 0 radical (unpaired) electrons. The predicted molar refractivity (Wildman–Crippen MR) is 96.3 cm³/mol. The van der Waals surface area contributed by atoms with Gasteiger partial charge in [0.15, 0.2) is 0 Å². The Balaban J connectivity index is 1.60. The van der Waals surface area contributed by atoms with Crippen LogP contribution < -0.4 is 10.0 Å². The first-order chi connectivity index (χ1) is 12.4. The van der Waals surface area contributed by atoms with Crippen LogP contribution in [0.4, 0.5) is 10.1 Å². The van der Waals surface area contributed by atoms with Gasteiger partial charge in [0, 0.05) is 18.9 Å². The fourth-order valence-corrected chi connectivity index (χ4v) is 3.53. The zero-order valence-electron chi connectivity index (χ0n) is 13.3. The van der Waals surface area contributed by atoms with Gasteiger partial charge in [0.05, 0.1) is 27.5 Å². The summed E-state index contributed by atoms with van der Waals surface area (Å²) in [6.07, 6.45) is 3.21. The molecule has 0 unspecified atom stereocenters. The van der Waals surface area contributed by atoms with E-state index < -0.39 is 21.7 Å². The standard InChI is InChI=1S/C16H14ClFN4O3S/c17-13-2-1-3-14(18)15(13)16(23)19-7-9-26(24,25)21-11-5-8-22-12(10-11)4-6-20-22/h1-6,8,10,21H,7,9H2,(H,19,23). The van der Waals surface area contributed by atoms with Crippen LogP contribution in [0.1, 0.15) is 10.4 Å². The molecule has 2 aromatic heterocycles. The lowest BCUT2D eigenvalue weighted by molar-refractivity contribution is 0.0952. The summed E-state index contributed by atoms with van der Waals surface area (Å²) in [5.41, 5.74) is 0.792. The van der Waals surface area contributed by atoms with Gasteiger partial charge in [0.1, 0.15) is 5.82 Å². The van der Waals surface area contributed by atoms with Gasteiger partial charge in [0.2, 0.25) is 10.0 Å². The number of fused-ring (bicyclic) bond motifs is 1. The van der Waals surface area contributed by atoms with E-state index in [1.54, 1.807) is 35.1 Å². The number of amides is 1. The molecular weight excluding hydrogens is 383 g/mol. The summed E-state index contributed by atoms with van der Waals surface area (Å²) in [5.74, 6) is -1.93. The highest BCUT2D eigenvalue weighted by atomic mass is 35.5.